The van der Waals surface area contributed by atoms with E-state index in [1.54, 1.807) is 6.26 Å². The molecule has 1 aromatic rings. The first-order valence-corrected chi connectivity index (χ1v) is 8.27. The van der Waals surface area contributed by atoms with Crippen LogP contribution >= 0.6 is 0 Å². The highest BCUT2D eigenvalue weighted by Crippen LogP contribution is 2.23. The number of hydrogen-bond acceptors (Lipinski definition) is 4. The van der Waals surface area contributed by atoms with Gasteiger partial charge in [-0.2, -0.15) is 0 Å². The van der Waals surface area contributed by atoms with Crippen LogP contribution in [0.25, 0.3) is 0 Å². The van der Waals surface area contributed by atoms with Crippen LogP contribution in [0.2, 0.25) is 0 Å². The van der Waals surface area contributed by atoms with Crippen molar-refractivity contribution in [2.75, 3.05) is 7.05 Å². The molecule has 23 heavy (non-hydrogen) atoms. The molecule has 1 N–H and O–H groups in total. The highest BCUT2D eigenvalue weighted by atomic mass is 16.3. The van der Waals surface area contributed by atoms with E-state index in [2.05, 4.69) is 48.8 Å². The fourth-order valence-electron chi connectivity index (χ4n) is 2.43. The SMILES string of the molecule is CC/C=C/C=C1\N(C)C=CN1Cc1cc(C(=N)C(C)CC)co1. The van der Waals surface area contributed by atoms with Crippen LogP contribution in [0.15, 0.2) is 53.2 Å². The Kier molecular flexibility index (Phi) is 5.85. The van der Waals surface area contributed by atoms with Gasteiger partial charge in [0.25, 0.3) is 0 Å². The van der Waals surface area contributed by atoms with Crippen molar-refractivity contribution in [1.29, 1.82) is 5.41 Å². The normalized spacial score (nSPS) is 17.7. The zero-order valence-corrected chi connectivity index (χ0v) is 14.5. The molecule has 0 fully saturated rings. The highest BCUT2D eigenvalue weighted by molar-refractivity contribution is 5.99. The lowest BCUT2D eigenvalue weighted by molar-refractivity contribution is 0.349. The van der Waals surface area contributed by atoms with Gasteiger partial charge in [-0.15, -0.1) is 0 Å². The molecule has 1 aliphatic heterocycles. The molecule has 0 radical (unpaired) electrons. The Balaban J connectivity index is 2.08. The molecule has 0 amide bonds. The zero-order valence-electron chi connectivity index (χ0n) is 14.5. The largest absolute Gasteiger partial charge is 0.467 e. The van der Waals surface area contributed by atoms with E-state index in [0.29, 0.717) is 12.3 Å². The second-order valence-corrected chi connectivity index (χ2v) is 5.92. The number of nitrogens with zero attached hydrogens (tertiary/aromatic N) is 2. The predicted molar refractivity (Wildman–Crippen MR) is 95.0 cm³/mol. The number of furan rings is 1. The topological polar surface area (TPSA) is 43.5 Å². The molecular formula is C19H27N3O. The quantitative estimate of drug-likeness (QED) is 0.741. The molecule has 1 atom stereocenters. The maximum atomic E-state index is 8.20. The smallest absolute Gasteiger partial charge is 0.124 e. The molecular weight excluding hydrogens is 286 g/mol. The molecule has 2 rings (SSSR count). The lowest BCUT2D eigenvalue weighted by Crippen LogP contribution is -2.19. The van der Waals surface area contributed by atoms with E-state index in [1.165, 1.54) is 0 Å². The van der Waals surface area contributed by atoms with Gasteiger partial charge in [0, 0.05) is 30.7 Å². The molecule has 1 unspecified atom stereocenters. The first kappa shape index (κ1) is 17.1. The molecule has 2 heterocycles. The van der Waals surface area contributed by atoms with E-state index < -0.39 is 0 Å². The number of allylic oxidation sites excluding steroid dienone is 3. The minimum Gasteiger partial charge on any atom is -0.467 e. The van der Waals surface area contributed by atoms with E-state index in [1.807, 2.05) is 25.5 Å². The maximum absolute atomic E-state index is 8.20. The third-order valence-corrected chi connectivity index (χ3v) is 4.14. The van der Waals surface area contributed by atoms with Gasteiger partial charge in [0.2, 0.25) is 0 Å². The van der Waals surface area contributed by atoms with Gasteiger partial charge in [-0.25, -0.2) is 0 Å². The zero-order chi connectivity index (χ0) is 16.8. The van der Waals surface area contributed by atoms with Gasteiger partial charge in [0.15, 0.2) is 0 Å². The number of rotatable bonds is 7. The summed E-state index contributed by atoms with van der Waals surface area (Å²) in [5.74, 6) is 2.25. The molecule has 124 valence electrons. The van der Waals surface area contributed by atoms with Crippen molar-refractivity contribution in [2.24, 2.45) is 5.92 Å². The summed E-state index contributed by atoms with van der Waals surface area (Å²) in [5.41, 5.74) is 1.54. The van der Waals surface area contributed by atoms with E-state index >= 15 is 0 Å². The van der Waals surface area contributed by atoms with E-state index in [-0.39, 0.29) is 5.92 Å². The van der Waals surface area contributed by atoms with E-state index in [9.17, 15) is 0 Å². The Morgan fingerprint density at radius 2 is 2.13 bits per heavy atom. The second-order valence-electron chi connectivity index (χ2n) is 5.92. The molecule has 4 nitrogen and oxygen atoms in total. The molecule has 0 aliphatic carbocycles. The third-order valence-electron chi connectivity index (χ3n) is 4.14. The molecule has 0 spiro atoms. The maximum Gasteiger partial charge on any atom is 0.124 e. The van der Waals surface area contributed by atoms with Gasteiger partial charge in [0.1, 0.15) is 11.6 Å². The Morgan fingerprint density at radius 1 is 1.35 bits per heavy atom. The summed E-state index contributed by atoms with van der Waals surface area (Å²) in [6, 6.07) is 1.99. The molecule has 1 aliphatic rings. The van der Waals surface area contributed by atoms with Crippen LogP contribution in [-0.4, -0.2) is 22.6 Å². The van der Waals surface area contributed by atoms with Crippen molar-refractivity contribution < 1.29 is 4.42 Å². The minimum atomic E-state index is 0.257. The fourth-order valence-corrected chi connectivity index (χ4v) is 2.43. The Hall–Kier alpha value is -2.23. The van der Waals surface area contributed by atoms with Crippen molar-refractivity contribution in [2.45, 2.75) is 40.2 Å². The molecule has 0 saturated carbocycles. The highest BCUT2D eigenvalue weighted by Gasteiger charge is 2.18. The van der Waals surface area contributed by atoms with Crippen LogP contribution in [0.1, 0.15) is 44.9 Å². The Labute approximate surface area is 139 Å². The monoisotopic (exact) mass is 313 g/mol. The van der Waals surface area contributed by atoms with E-state index in [0.717, 1.165) is 30.0 Å². The molecule has 0 saturated heterocycles. The third kappa shape index (κ3) is 4.15. The van der Waals surface area contributed by atoms with Gasteiger partial charge >= 0.3 is 0 Å². The fraction of sp³-hybridized carbons (Fsp3) is 0.421. The molecule has 1 aromatic heterocycles. The van der Waals surface area contributed by atoms with Crippen LogP contribution in [0, 0.1) is 11.3 Å². The van der Waals surface area contributed by atoms with Crippen molar-refractivity contribution in [3.05, 3.63) is 60.1 Å². The number of nitrogens with one attached hydrogen (secondary N) is 1. The molecule has 0 aromatic carbocycles. The Bertz CT molecular complexity index is 624. The van der Waals surface area contributed by atoms with Gasteiger partial charge < -0.3 is 19.6 Å². The van der Waals surface area contributed by atoms with Gasteiger partial charge in [0.05, 0.1) is 12.8 Å². The summed E-state index contributed by atoms with van der Waals surface area (Å²) in [6.07, 6.45) is 14.1. The van der Waals surface area contributed by atoms with Crippen LogP contribution in [0.3, 0.4) is 0 Å². The lowest BCUT2D eigenvalue weighted by atomic mass is 9.98. The molecule has 4 heteroatoms. The average Bonchev–Trinajstić information content (AvgIpc) is 3.15. The summed E-state index contributed by atoms with van der Waals surface area (Å²) in [5, 5.41) is 8.20. The van der Waals surface area contributed by atoms with Crippen molar-refractivity contribution >= 4 is 5.71 Å². The summed E-state index contributed by atoms with van der Waals surface area (Å²) < 4.78 is 5.67. The van der Waals surface area contributed by atoms with Crippen LogP contribution < -0.4 is 0 Å². The van der Waals surface area contributed by atoms with Crippen LogP contribution in [0.4, 0.5) is 0 Å². The second kappa shape index (κ2) is 7.86. The Morgan fingerprint density at radius 3 is 2.83 bits per heavy atom. The van der Waals surface area contributed by atoms with Gasteiger partial charge in [-0.3, -0.25) is 0 Å². The summed E-state index contributed by atoms with van der Waals surface area (Å²) >= 11 is 0. The lowest BCUT2D eigenvalue weighted by Gasteiger charge is -2.20. The summed E-state index contributed by atoms with van der Waals surface area (Å²) in [4.78, 5) is 4.24. The van der Waals surface area contributed by atoms with Crippen LogP contribution in [0.5, 0.6) is 0 Å². The predicted octanol–water partition coefficient (Wildman–Crippen LogP) is 4.72. The van der Waals surface area contributed by atoms with Crippen LogP contribution in [-0.2, 0) is 6.54 Å². The van der Waals surface area contributed by atoms with Crippen molar-refractivity contribution in [3.8, 4) is 0 Å². The van der Waals surface area contributed by atoms with Crippen molar-refractivity contribution in [1.82, 2.24) is 9.80 Å². The average molecular weight is 313 g/mol. The standard InChI is InChI=1S/C19H27N3O/c1-5-7-8-9-18-21(4)10-11-22(18)13-17-12-16(14-23-17)19(20)15(3)6-2/h7-12,14-15,20H,5-6,13H2,1-4H3/b8-7+,18-9+,20-19?. The summed E-state index contributed by atoms with van der Waals surface area (Å²) in [7, 11) is 2.04. The first-order chi connectivity index (χ1) is 11.1. The molecule has 0 bridgehead atoms. The minimum absolute atomic E-state index is 0.257. The summed E-state index contributed by atoms with van der Waals surface area (Å²) in [6.45, 7) is 6.97. The van der Waals surface area contributed by atoms with Crippen molar-refractivity contribution in [3.63, 3.8) is 0 Å². The first-order valence-electron chi connectivity index (χ1n) is 8.27. The van der Waals surface area contributed by atoms with E-state index in [4.69, 9.17) is 9.83 Å². The number of hydrogen-bond donors (Lipinski definition) is 1. The van der Waals surface area contributed by atoms with Gasteiger partial charge in [-0.1, -0.05) is 32.9 Å². The van der Waals surface area contributed by atoms with Gasteiger partial charge in [-0.05, 0) is 30.9 Å².